The molecule has 0 radical (unpaired) electrons. The summed E-state index contributed by atoms with van der Waals surface area (Å²) in [4.78, 5) is 0. The zero-order valence-corrected chi connectivity index (χ0v) is 9.47. The van der Waals surface area contributed by atoms with Gasteiger partial charge >= 0.3 is 6.18 Å². The lowest BCUT2D eigenvalue weighted by Crippen LogP contribution is -2.25. The summed E-state index contributed by atoms with van der Waals surface area (Å²) in [6, 6.07) is 2.63. The van der Waals surface area contributed by atoms with Crippen molar-refractivity contribution < 1.29 is 22.7 Å². The summed E-state index contributed by atoms with van der Waals surface area (Å²) < 4.78 is 50.9. The molecule has 1 N–H and O–H groups in total. The van der Waals surface area contributed by atoms with Crippen LogP contribution in [0.4, 0.5) is 17.6 Å². The maximum Gasteiger partial charge on any atom is 0.419 e. The Morgan fingerprint density at radius 2 is 1.94 bits per heavy atom. The lowest BCUT2D eigenvalue weighted by molar-refractivity contribution is -0.140. The molecule has 1 aliphatic carbocycles. The second kappa shape index (κ2) is 4.39. The summed E-state index contributed by atoms with van der Waals surface area (Å²) in [5.74, 6) is -1.32. The first-order chi connectivity index (χ1) is 8.33. The van der Waals surface area contributed by atoms with Crippen LogP contribution in [-0.2, 0) is 11.8 Å². The van der Waals surface area contributed by atoms with Crippen LogP contribution in [0.5, 0.6) is 0 Å². The zero-order valence-electron chi connectivity index (χ0n) is 9.47. The van der Waals surface area contributed by atoms with Gasteiger partial charge in [0.25, 0.3) is 0 Å². The van der Waals surface area contributed by atoms with Crippen LogP contribution in [0.3, 0.4) is 0 Å². The number of aliphatic hydroxyl groups is 1. The lowest BCUT2D eigenvalue weighted by atomic mass is 9.84. The molecular weight excluding hydrogens is 248 g/mol. The summed E-state index contributed by atoms with van der Waals surface area (Å²) in [7, 11) is 0. The quantitative estimate of drug-likeness (QED) is 0.602. The molecule has 18 heavy (non-hydrogen) atoms. The molecule has 0 saturated carbocycles. The number of hydrogen-bond donors (Lipinski definition) is 1. The molecule has 1 unspecified atom stereocenters. The molecule has 0 bridgehead atoms. The van der Waals surface area contributed by atoms with E-state index in [1.807, 2.05) is 0 Å². The highest BCUT2D eigenvalue weighted by Crippen LogP contribution is 2.37. The van der Waals surface area contributed by atoms with Crippen LogP contribution in [0.1, 0.15) is 30.4 Å². The molecule has 0 heterocycles. The summed E-state index contributed by atoms with van der Waals surface area (Å²) in [5, 5.41) is 10.2. The molecular formula is C13H12F4O. The predicted molar refractivity (Wildman–Crippen MR) is 58.3 cm³/mol. The van der Waals surface area contributed by atoms with Gasteiger partial charge in [-0.25, -0.2) is 4.39 Å². The normalized spacial score (nSPS) is 24.3. The van der Waals surface area contributed by atoms with Crippen molar-refractivity contribution >= 4 is 0 Å². The van der Waals surface area contributed by atoms with E-state index in [9.17, 15) is 22.7 Å². The molecule has 0 saturated heterocycles. The third-order valence-corrected chi connectivity index (χ3v) is 3.09. The van der Waals surface area contributed by atoms with E-state index >= 15 is 0 Å². The molecule has 1 aliphatic rings. The van der Waals surface area contributed by atoms with E-state index in [4.69, 9.17) is 0 Å². The molecule has 0 fully saturated rings. The third kappa shape index (κ3) is 2.41. The molecule has 0 spiro atoms. The Balaban J connectivity index is 2.47. The molecule has 1 atom stereocenters. The molecule has 1 aromatic rings. The van der Waals surface area contributed by atoms with Gasteiger partial charge in [0.15, 0.2) is 0 Å². The molecule has 98 valence electrons. The Hall–Kier alpha value is -1.36. The molecule has 0 amide bonds. The summed E-state index contributed by atoms with van der Waals surface area (Å²) >= 11 is 0. The number of allylic oxidation sites excluding steroid dienone is 1. The summed E-state index contributed by atoms with van der Waals surface area (Å²) in [5.41, 5.74) is -2.69. The molecule has 1 aromatic carbocycles. The van der Waals surface area contributed by atoms with Crippen molar-refractivity contribution in [3.63, 3.8) is 0 Å². The van der Waals surface area contributed by atoms with Gasteiger partial charge in [-0.15, -0.1) is 0 Å². The van der Waals surface area contributed by atoms with Crippen LogP contribution in [0.15, 0.2) is 30.4 Å². The Bertz CT molecular complexity index is 478. The highest BCUT2D eigenvalue weighted by molar-refractivity contribution is 5.34. The molecule has 0 aromatic heterocycles. The van der Waals surface area contributed by atoms with Gasteiger partial charge in [0, 0.05) is 0 Å². The van der Waals surface area contributed by atoms with Crippen molar-refractivity contribution in [1.29, 1.82) is 0 Å². The second-order valence-corrected chi connectivity index (χ2v) is 4.41. The van der Waals surface area contributed by atoms with Crippen LogP contribution < -0.4 is 0 Å². The van der Waals surface area contributed by atoms with Crippen molar-refractivity contribution in [3.05, 3.63) is 47.3 Å². The number of hydrogen-bond acceptors (Lipinski definition) is 1. The van der Waals surface area contributed by atoms with Gasteiger partial charge < -0.3 is 5.11 Å². The first-order valence-electron chi connectivity index (χ1n) is 5.60. The van der Waals surface area contributed by atoms with Crippen LogP contribution in [0, 0.1) is 5.82 Å². The van der Waals surface area contributed by atoms with Crippen molar-refractivity contribution in [2.24, 2.45) is 0 Å². The minimum Gasteiger partial charge on any atom is -0.381 e. The van der Waals surface area contributed by atoms with Gasteiger partial charge in [-0.05, 0) is 37.0 Å². The Morgan fingerprint density at radius 1 is 1.22 bits per heavy atom. The average molecular weight is 260 g/mol. The zero-order chi connectivity index (χ0) is 13.4. The van der Waals surface area contributed by atoms with Crippen LogP contribution in [-0.4, -0.2) is 5.11 Å². The molecule has 5 heteroatoms. The van der Waals surface area contributed by atoms with Crippen LogP contribution in [0.25, 0.3) is 0 Å². The maximum absolute atomic E-state index is 13.1. The van der Waals surface area contributed by atoms with E-state index in [1.54, 1.807) is 6.08 Å². The van der Waals surface area contributed by atoms with Crippen molar-refractivity contribution in [2.45, 2.75) is 31.0 Å². The Labute approximate surface area is 102 Å². The van der Waals surface area contributed by atoms with E-state index in [1.165, 1.54) is 12.1 Å². The number of halogens is 4. The standard InChI is InChI=1S/C13H12F4O/c14-11-5-4-9(8-10(11)13(15,16)17)12(18)6-2-1-3-7-12/h2,4-6,8,18H,1,3,7H2. The van der Waals surface area contributed by atoms with Gasteiger partial charge in [-0.2, -0.15) is 13.2 Å². The highest BCUT2D eigenvalue weighted by Gasteiger charge is 2.36. The largest absolute Gasteiger partial charge is 0.419 e. The Morgan fingerprint density at radius 3 is 2.50 bits per heavy atom. The molecule has 0 aliphatic heterocycles. The van der Waals surface area contributed by atoms with Crippen molar-refractivity contribution in [2.75, 3.05) is 0 Å². The highest BCUT2D eigenvalue weighted by atomic mass is 19.4. The maximum atomic E-state index is 13.1. The van der Waals surface area contributed by atoms with Crippen LogP contribution in [0.2, 0.25) is 0 Å². The fourth-order valence-corrected chi connectivity index (χ4v) is 2.10. The summed E-state index contributed by atoms with van der Waals surface area (Å²) in [6.07, 6.45) is 0.257. The lowest BCUT2D eigenvalue weighted by Gasteiger charge is -2.28. The molecule has 1 nitrogen and oxygen atoms in total. The first kappa shape index (κ1) is 13.1. The second-order valence-electron chi connectivity index (χ2n) is 4.41. The number of rotatable bonds is 1. The molecule has 2 rings (SSSR count). The average Bonchev–Trinajstić information content (AvgIpc) is 2.28. The number of alkyl halides is 3. The first-order valence-corrected chi connectivity index (χ1v) is 5.60. The van der Waals surface area contributed by atoms with Crippen LogP contribution >= 0.6 is 0 Å². The van der Waals surface area contributed by atoms with Crippen molar-refractivity contribution in [3.8, 4) is 0 Å². The number of benzene rings is 1. The van der Waals surface area contributed by atoms with Gasteiger partial charge in [0.2, 0.25) is 0 Å². The fourth-order valence-electron chi connectivity index (χ4n) is 2.10. The van der Waals surface area contributed by atoms with Gasteiger partial charge in [-0.3, -0.25) is 0 Å². The SMILES string of the molecule is OC1(c2ccc(F)c(C(F)(F)F)c2)C=CCCC1. The Kier molecular flexibility index (Phi) is 3.19. The predicted octanol–water partition coefficient (Wildman–Crippen LogP) is 3.77. The van der Waals surface area contributed by atoms with E-state index in [0.29, 0.717) is 18.9 Å². The summed E-state index contributed by atoms with van der Waals surface area (Å²) in [6.45, 7) is 0. The fraction of sp³-hybridized carbons (Fsp3) is 0.385. The van der Waals surface area contributed by atoms with E-state index < -0.39 is 23.2 Å². The van der Waals surface area contributed by atoms with Gasteiger partial charge in [0.05, 0.1) is 5.56 Å². The van der Waals surface area contributed by atoms with E-state index in [-0.39, 0.29) is 5.56 Å². The third-order valence-electron chi connectivity index (χ3n) is 3.09. The van der Waals surface area contributed by atoms with Crippen molar-refractivity contribution in [1.82, 2.24) is 0 Å². The minimum atomic E-state index is -4.76. The minimum absolute atomic E-state index is 0.0761. The van der Waals surface area contributed by atoms with Gasteiger partial charge in [-0.1, -0.05) is 18.2 Å². The smallest absolute Gasteiger partial charge is 0.381 e. The van der Waals surface area contributed by atoms with E-state index in [0.717, 1.165) is 12.5 Å². The monoisotopic (exact) mass is 260 g/mol. The van der Waals surface area contributed by atoms with E-state index in [2.05, 4.69) is 0 Å². The topological polar surface area (TPSA) is 20.2 Å². The van der Waals surface area contributed by atoms with Gasteiger partial charge in [0.1, 0.15) is 11.4 Å².